The Kier molecular flexibility index (Phi) is 5.78. The highest BCUT2D eigenvalue weighted by atomic mass is 19.3. The highest BCUT2D eigenvalue weighted by molar-refractivity contribution is 5.86. The summed E-state index contributed by atoms with van der Waals surface area (Å²) in [5.74, 6) is -0.902. The van der Waals surface area contributed by atoms with E-state index in [0.29, 0.717) is 12.4 Å². The van der Waals surface area contributed by atoms with E-state index in [0.717, 1.165) is 12.5 Å². The number of benzene rings is 1. The normalized spacial score (nSPS) is 10.9. The van der Waals surface area contributed by atoms with Crippen molar-refractivity contribution in [3.63, 3.8) is 0 Å². The van der Waals surface area contributed by atoms with Crippen LogP contribution in [0.1, 0.15) is 18.9 Å². The lowest BCUT2D eigenvalue weighted by atomic mass is 10.1. The summed E-state index contributed by atoms with van der Waals surface area (Å²) in [5.41, 5.74) is 0.242. The van der Waals surface area contributed by atoms with Crippen LogP contribution < -0.4 is 9.47 Å². The van der Waals surface area contributed by atoms with Gasteiger partial charge in [0.05, 0.1) is 6.61 Å². The lowest BCUT2D eigenvalue weighted by Gasteiger charge is -2.11. The molecule has 0 spiro atoms. The second-order valence-electron chi connectivity index (χ2n) is 3.60. The topological polar surface area (TPSA) is 55.8 Å². The van der Waals surface area contributed by atoms with Crippen LogP contribution in [0.4, 0.5) is 8.78 Å². The zero-order valence-electron chi connectivity index (χ0n) is 10.3. The van der Waals surface area contributed by atoms with Gasteiger partial charge in [0, 0.05) is 17.7 Å². The number of hydrogen-bond acceptors (Lipinski definition) is 3. The van der Waals surface area contributed by atoms with Gasteiger partial charge in [-0.05, 0) is 24.6 Å². The van der Waals surface area contributed by atoms with Crippen molar-refractivity contribution in [2.45, 2.75) is 20.0 Å². The number of aliphatic carboxylic acids is 1. The molecule has 1 N–H and O–H groups in total. The van der Waals surface area contributed by atoms with Crippen LogP contribution in [-0.4, -0.2) is 24.3 Å². The predicted octanol–water partition coefficient (Wildman–Crippen LogP) is 3.17. The van der Waals surface area contributed by atoms with Crippen molar-refractivity contribution in [3.8, 4) is 11.5 Å². The van der Waals surface area contributed by atoms with Crippen molar-refractivity contribution in [1.82, 2.24) is 0 Å². The maximum Gasteiger partial charge on any atom is 0.387 e. The second-order valence-corrected chi connectivity index (χ2v) is 3.60. The summed E-state index contributed by atoms with van der Waals surface area (Å²) >= 11 is 0. The molecule has 0 bridgehead atoms. The van der Waals surface area contributed by atoms with E-state index < -0.39 is 12.6 Å². The Labute approximate surface area is 109 Å². The van der Waals surface area contributed by atoms with E-state index in [9.17, 15) is 13.6 Å². The van der Waals surface area contributed by atoms with Crippen molar-refractivity contribution in [2.75, 3.05) is 6.61 Å². The molecule has 4 nitrogen and oxygen atoms in total. The molecule has 0 unspecified atom stereocenters. The van der Waals surface area contributed by atoms with Crippen LogP contribution in [0.15, 0.2) is 24.3 Å². The lowest BCUT2D eigenvalue weighted by molar-refractivity contribution is -0.131. The quantitative estimate of drug-likeness (QED) is 0.774. The monoisotopic (exact) mass is 272 g/mol. The van der Waals surface area contributed by atoms with Crippen molar-refractivity contribution < 1.29 is 28.2 Å². The highest BCUT2D eigenvalue weighted by Crippen LogP contribution is 2.27. The molecule has 0 radical (unpaired) electrons. The maximum atomic E-state index is 12.3. The molecule has 104 valence electrons. The fourth-order valence-electron chi connectivity index (χ4n) is 1.32. The molecule has 0 fully saturated rings. The largest absolute Gasteiger partial charge is 0.493 e. The maximum absolute atomic E-state index is 12.3. The van der Waals surface area contributed by atoms with Crippen molar-refractivity contribution in [1.29, 1.82) is 0 Å². The Morgan fingerprint density at radius 1 is 1.47 bits per heavy atom. The van der Waals surface area contributed by atoms with E-state index in [1.807, 2.05) is 6.92 Å². The average molecular weight is 272 g/mol. The number of carboxylic acid groups (broad SMARTS) is 1. The van der Waals surface area contributed by atoms with Crippen molar-refractivity contribution in [2.24, 2.45) is 0 Å². The Bertz CT molecular complexity index is 458. The van der Waals surface area contributed by atoms with Gasteiger partial charge in [-0.3, -0.25) is 0 Å². The summed E-state index contributed by atoms with van der Waals surface area (Å²) < 4.78 is 34.2. The van der Waals surface area contributed by atoms with Gasteiger partial charge in [-0.2, -0.15) is 8.78 Å². The number of ether oxygens (including phenoxy) is 2. The van der Waals surface area contributed by atoms with E-state index in [1.165, 1.54) is 18.2 Å². The molecular formula is C13H14F2O4. The van der Waals surface area contributed by atoms with E-state index in [-0.39, 0.29) is 11.3 Å². The fourth-order valence-corrected chi connectivity index (χ4v) is 1.32. The zero-order valence-corrected chi connectivity index (χ0v) is 10.3. The molecule has 0 atom stereocenters. The minimum Gasteiger partial charge on any atom is -0.493 e. The van der Waals surface area contributed by atoms with Gasteiger partial charge in [0.2, 0.25) is 0 Å². The van der Waals surface area contributed by atoms with Crippen LogP contribution in [0.5, 0.6) is 11.5 Å². The van der Waals surface area contributed by atoms with Gasteiger partial charge in [-0.1, -0.05) is 6.92 Å². The Balaban J connectivity index is 2.98. The van der Waals surface area contributed by atoms with Crippen LogP contribution in [0.25, 0.3) is 6.08 Å². The average Bonchev–Trinajstić information content (AvgIpc) is 2.34. The first kappa shape index (κ1) is 14.9. The van der Waals surface area contributed by atoms with E-state index >= 15 is 0 Å². The van der Waals surface area contributed by atoms with Crippen LogP contribution in [0.2, 0.25) is 0 Å². The van der Waals surface area contributed by atoms with Gasteiger partial charge >= 0.3 is 12.6 Å². The van der Waals surface area contributed by atoms with Gasteiger partial charge in [0.25, 0.3) is 0 Å². The number of carboxylic acids is 1. The lowest BCUT2D eigenvalue weighted by Crippen LogP contribution is -2.04. The smallest absolute Gasteiger partial charge is 0.387 e. The third kappa shape index (κ3) is 5.37. The summed E-state index contributed by atoms with van der Waals surface area (Å²) in [4.78, 5) is 10.4. The Hall–Kier alpha value is -2.11. The first-order valence-corrected chi connectivity index (χ1v) is 5.65. The molecule has 0 saturated heterocycles. The molecule has 0 aromatic heterocycles. The molecule has 0 aliphatic rings. The third-order valence-corrected chi connectivity index (χ3v) is 2.08. The van der Waals surface area contributed by atoms with Crippen LogP contribution in [-0.2, 0) is 4.79 Å². The Morgan fingerprint density at radius 2 is 2.21 bits per heavy atom. The highest BCUT2D eigenvalue weighted by Gasteiger charge is 2.10. The van der Waals surface area contributed by atoms with Gasteiger partial charge in [-0.15, -0.1) is 0 Å². The summed E-state index contributed by atoms with van der Waals surface area (Å²) in [6.45, 7) is -0.614. The summed E-state index contributed by atoms with van der Waals surface area (Å²) in [7, 11) is 0. The van der Waals surface area contributed by atoms with Gasteiger partial charge in [0.1, 0.15) is 11.5 Å². The minimum atomic E-state index is -2.99. The number of carbonyl (C=O) groups is 1. The number of halogens is 2. The number of rotatable bonds is 7. The second kappa shape index (κ2) is 7.35. The number of hydrogen-bond donors (Lipinski definition) is 1. The number of alkyl halides is 2. The van der Waals surface area contributed by atoms with E-state index in [4.69, 9.17) is 9.84 Å². The molecular weight excluding hydrogens is 258 g/mol. The molecule has 19 heavy (non-hydrogen) atoms. The predicted molar refractivity (Wildman–Crippen MR) is 65.5 cm³/mol. The summed E-state index contributed by atoms with van der Waals surface area (Å²) in [6, 6.07) is 4.33. The molecule has 6 heteroatoms. The Morgan fingerprint density at radius 3 is 2.79 bits per heavy atom. The first-order valence-electron chi connectivity index (χ1n) is 5.65. The van der Waals surface area contributed by atoms with Crippen LogP contribution in [0, 0.1) is 0 Å². The molecule has 0 aliphatic carbocycles. The molecule has 1 aromatic rings. The van der Waals surface area contributed by atoms with Crippen molar-refractivity contribution >= 4 is 12.0 Å². The molecule has 1 rings (SSSR count). The standard InChI is InChI=1S/C13H14F2O4/c1-2-7-18-10-5-3-9(4-6-12(16)17)11(8-10)19-13(14)15/h3-6,8,13H,2,7H2,1H3,(H,16,17)/b6-4+. The molecule has 0 aliphatic heterocycles. The van der Waals surface area contributed by atoms with Gasteiger partial charge in [-0.25, -0.2) is 4.79 Å². The fraction of sp³-hybridized carbons (Fsp3) is 0.308. The van der Waals surface area contributed by atoms with Crippen molar-refractivity contribution in [3.05, 3.63) is 29.8 Å². The first-order chi connectivity index (χ1) is 9.02. The summed E-state index contributed by atoms with van der Waals surface area (Å²) in [6.07, 6.45) is 2.82. The molecule has 0 amide bonds. The molecule has 0 saturated carbocycles. The summed E-state index contributed by atoms with van der Waals surface area (Å²) in [5, 5.41) is 8.52. The van der Waals surface area contributed by atoms with Crippen LogP contribution >= 0.6 is 0 Å². The molecule has 0 heterocycles. The molecule has 1 aromatic carbocycles. The van der Waals surface area contributed by atoms with Crippen LogP contribution in [0.3, 0.4) is 0 Å². The van der Waals surface area contributed by atoms with E-state index in [1.54, 1.807) is 6.07 Å². The van der Waals surface area contributed by atoms with E-state index in [2.05, 4.69) is 4.74 Å². The minimum absolute atomic E-state index is 0.124. The third-order valence-electron chi connectivity index (χ3n) is 2.08. The SMILES string of the molecule is CCCOc1ccc(/C=C/C(=O)O)c(OC(F)F)c1. The van der Waals surface area contributed by atoms with Gasteiger partial charge in [0.15, 0.2) is 0 Å². The zero-order chi connectivity index (χ0) is 14.3. The van der Waals surface area contributed by atoms with Gasteiger partial charge < -0.3 is 14.6 Å².